The van der Waals surface area contributed by atoms with Gasteiger partial charge in [0.05, 0.1) is 9.26 Å². The highest BCUT2D eigenvalue weighted by molar-refractivity contribution is 14.1. The number of halogens is 2. The van der Waals surface area contributed by atoms with E-state index in [1.54, 1.807) is 0 Å². The van der Waals surface area contributed by atoms with E-state index < -0.39 is 0 Å². The van der Waals surface area contributed by atoms with Gasteiger partial charge in [0, 0.05) is 17.1 Å². The fourth-order valence-corrected chi connectivity index (χ4v) is 3.74. The molecule has 20 heavy (non-hydrogen) atoms. The van der Waals surface area contributed by atoms with E-state index in [2.05, 4.69) is 87.8 Å². The average Bonchev–Trinajstić information content (AvgIpc) is 2.39. The third kappa shape index (κ3) is 3.14. The molecule has 0 aliphatic carbocycles. The minimum absolute atomic E-state index is 0.361. The van der Waals surface area contributed by atoms with Crippen molar-refractivity contribution in [1.29, 1.82) is 0 Å². The van der Waals surface area contributed by atoms with Crippen LogP contribution in [0.1, 0.15) is 31.0 Å². The summed E-state index contributed by atoms with van der Waals surface area (Å²) in [7, 11) is 1.89. The molecule has 106 valence electrons. The van der Waals surface area contributed by atoms with E-state index in [-0.39, 0.29) is 0 Å². The number of nitrogens with zero attached hydrogens (tertiary/aromatic N) is 2. The molecule has 2 rings (SSSR count). The molecule has 0 aliphatic heterocycles. The highest BCUT2D eigenvalue weighted by atomic mass is 127. The summed E-state index contributed by atoms with van der Waals surface area (Å²) >= 11 is 5.92. The summed E-state index contributed by atoms with van der Waals surface area (Å²) < 4.78 is 2.11. The number of benzene rings is 1. The van der Waals surface area contributed by atoms with Crippen molar-refractivity contribution in [3.63, 3.8) is 0 Å². The van der Waals surface area contributed by atoms with Gasteiger partial charge >= 0.3 is 0 Å². The molecule has 0 saturated heterocycles. The van der Waals surface area contributed by atoms with Crippen molar-refractivity contribution in [3.05, 3.63) is 37.5 Å². The largest absolute Gasteiger partial charge is 0.372 e. The topological polar surface area (TPSA) is 37.8 Å². The molecule has 1 aromatic heterocycles. The van der Waals surface area contributed by atoms with E-state index in [1.807, 2.05) is 7.05 Å². The van der Waals surface area contributed by atoms with E-state index in [1.165, 1.54) is 5.56 Å². The molecule has 1 N–H and O–H groups in total. The number of aromatic nitrogens is 2. The Balaban J connectivity index is 2.65. The van der Waals surface area contributed by atoms with Crippen LogP contribution in [0.4, 0.5) is 5.82 Å². The molecule has 0 bridgehead atoms. The molecule has 3 nitrogen and oxygen atoms in total. The van der Waals surface area contributed by atoms with Crippen LogP contribution in [0.5, 0.6) is 0 Å². The van der Waals surface area contributed by atoms with Crippen molar-refractivity contribution in [3.8, 4) is 11.4 Å². The zero-order valence-electron chi connectivity index (χ0n) is 12.0. The van der Waals surface area contributed by atoms with Crippen LogP contribution in [-0.4, -0.2) is 17.0 Å². The maximum absolute atomic E-state index is 4.75. The van der Waals surface area contributed by atoms with Crippen LogP contribution >= 0.6 is 38.5 Å². The summed E-state index contributed by atoms with van der Waals surface area (Å²) in [6.45, 7) is 6.37. The van der Waals surface area contributed by atoms with E-state index >= 15 is 0 Å². The molecule has 1 heterocycles. The highest BCUT2D eigenvalue weighted by Crippen LogP contribution is 2.31. The molecule has 0 saturated carbocycles. The normalized spacial score (nSPS) is 10.9. The maximum atomic E-state index is 4.75. The highest BCUT2D eigenvalue weighted by Gasteiger charge is 2.16. The number of hydrogen-bond acceptors (Lipinski definition) is 3. The summed E-state index contributed by atoms with van der Waals surface area (Å²) in [6.07, 6.45) is 0. The maximum Gasteiger partial charge on any atom is 0.162 e. The van der Waals surface area contributed by atoms with Crippen molar-refractivity contribution in [1.82, 2.24) is 9.97 Å². The Morgan fingerprint density at radius 2 is 1.95 bits per heavy atom. The van der Waals surface area contributed by atoms with Crippen molar-refractivity contribution in [2.24, 2.45) is 0 Å². The summed E-state index contributed by atoms with van der Waals surface area (Å²) in [5, 5.41) is 3.16. The second-order valence-electron chi connectivity index (χ2n) is 4.98. The Kier molecular flexibility index (Phi) is 5.01. The lowest BCUT2D eigenvalue weighted by molar-refractivity contribution is 0.809. The average molecular weight is 446 g/mol. The summed E-state index contributed by atoms with van der Waals surface area (Å²) in [5.74, 6) is 2.00. The molecule has 0 spiro atoms. The van der Waals surface area contributed by atoms with Gasteiger partial charge in [0.15, 0.2) is 5.82 Å². The van der Waals surface area contributed by atoms with Gasteiger partial charge in [-0.05, 0) is 53.1 Å². The van der Waals surface area contributed by atoms with Crippen LogP contribution in [0.3, 0.4) is 0 Å². The second-order valence-corrected chi connectivity index (χ2v) is 6.92. The first-order valence-corrected chi connectivity index (χ1v) is 8.33. The minimum Gasteiger partial charge on any atom is -0.372 e. The monoisotopic (exact) mass is 445 g/mol. The zero-order valence-corrected chi connectivity index (χ0v) is 15.7. The van der Waals surface area contributed by atoms with Crippen LogP contribution in [0.25, 0.3) is 11.4 Å². The molecule has 0 radical (unpaired) electrons. The van der Waals surface area contributed by atoms with Crippen molar-refractivity contribution in [2.75, 3.05) is 12.4 Å². The molecule has 0 atom stereocenters. The van der Waals surface area contributed by atoms with Crippen molar-refractivity contribution in [2.45, 2.75) is 26.7 Å². The molecule has 0 unspecified atom stereocenters. The first-order valence-electron chi connectivity index (χ1n) is 6.45. The van der Waals surface area contributed by atoms with Gasteiger partial charge in [-0.3, -0.25) is 0 Å². The third-order valence-corrected chi connectivity index (χ3v) is 4.75. The number of hydrogen-bond donors (Lipinski definition) is 1. The molecule has 5 heteroatoms. The molecule has 0 aliphatic rings. The Bertz CT molecular complexity index is 641. The van der Waals surface area contributed by atoms with Gasteiger partial charge in [-0.25, -0.2) is 9.97 Å². The van der Waals surface area contributed by atoms with E-state index in [0.29, 0.717) is 5.92 Å². The van der Waals surface area contributed by atoms with Crippen LogP contribution < -0.4 is 5.32 Å². The van der Waals surface area contributed by atoms with Gasteiger partial charge in [-0.2, -0.15) is 0 Å². The summed E-state index contributed by atoms with van der Waals surface area (Å²) in [4.78, 5) is 9.39. The van der Waals surface area contributed by atoms with Gasteiger partial charge in [-0.1, -0.05) is 35.8 Å². The molecule has 0 amide bonds. The Morgan fingerprint density at radius 3 is 2.50 bits per heavy atom. The lowest BCUT2D eigenvalue weighted by Crippen LogP contribution is -2.06. The Morgan fingerprint density at radius 1 is 1.25 bits per heavy atom. The molecule has 2 aromatic rings. The third-order valence-electron chi connectivity index (χ3n) is 3.03. The smallest absolute Gasteiger partial charge is 0.162 e. The fourth-order valence-electron chi connectivity index (χ4n) is 1.93. The lowest BCUT2D eigenvalue weighted by atomic mass is 10.1. The lowest BCUT2D eigenvalue weighted by Gasteiger charge is -2.14. The first-order chi connectivity index (χ1) is 9.43. The van der Waals surface area contributed by atoms with Crippen molar-refractivity contribution < 1.29 is 0 Å². The number of nitrogens with one attached hydrogen (secondary N) is 1. The van der Waals surface area contributed by atoms with Gasteiger partial charge in [-0.15, -0.1) is 0 Å². The van der Waals surface area contributed by atoms with Gasteiger partial charge in [0.2, 0.25) is 0 Å². The van der Waals surface area contributed by atoms with Crippen LogP contribution in [0.2, 0.25) is 0 Å². The van der Waals surface area contributed by atoms with Crippen molar-refractivity contribution >= 4 is 44.3 Å². The number of anilines is 1. The summed E-state index contributed by atoms with van der Waals surface area (Å²) in [5.41, 5.74) is 3.31. The molecule has 1 aromatic carbocycles. The van der Waals surface area contributed by atoms with Gasteiger partial charge in [0.25, 0.3) is 0 Å². The molecular formula is C15H17BrIN3. The standard InChI is InChI=1S/C15H17BrIN3/c1-8(2)13-12(17)15(18-4)20-14(19-13)10-6-5-9(3)7-11(10)16/h5-8H,1-4H3,(H,18,19,20). The second kappa shape index (κ2) is 6.39. The quantitative estimate of drug-likeness (QED) is 0.676. The SMILES string of the molecule is CNc1nc(-c2ccc(C)cc2Br)nc(C(C)C)c1I. The van der Waals surface area contributed by atoms with Crippen LogP contribution in [0, 0.1) is 10.5 Å². The molecular weight excluding hydrogens is 429 g/mol. The zero-order chi connectivity index (χ0) is 14.9. The number of aryl methyl sites for hydroxylation is 1. The number of rotatable bonds is 3. The van der Waals surface area contributed by atoms with E-state index in [9.17, 15) is 0 Å². The first kappa shape index (κ1) is 15.7. The minimum atomic E-state index is 0.361. The van der Waals surface area contributed by atoms with E-state index in [4.69, 9.17) is 4.98 Å². The van der Waals surface area contributed by atoms with E-state index in [0.717, 1.165) is 30.9 Å². The molecule has 0 fully saturated rings. The predicted octanol–water partition coefficient (Wildman–Crippen LogP) is 4.98. The Labute approximate surface area is 141 Å². The predicted molar refractivity (Wildman–Crippen MR) is 96.3 cm³/mol. The van der Waals surface area contributed by atoms with Crippen LogP contribution in [0.15, 0.2) is 22.7 Å². The van der Waals surface area contributed by atoms with Crippen LogP contribution in [-0.2, 0) is 0 Å². The summed E-state index contributed by atoms with van der Waals surface area (Å²) in [6, 6.07) is 6.23. The Hall–Kier alpha value is -0.690. The fraction of sp³-hybridized carbons (Fsp3) is 0.333. The van der Waals surface area contributed by atoms with Gasteiger partial charge in [0.1, 0.15) is 5.82 Å². The van der Waals surface area contributed by atoms with Gasteiger partial charge < -0.3 is 5.32 Å².